The Kier molecular flexibility index (Phi) is 20.3. The van der Waals surface area contributed by atoms with Crippen molar-refractivity contribution in [3.63, 3.8) is 0 Å². The predicted octanol–water partition coefficient (Wildman–Crippen LogP) is -0.800. The molecular weight excluding hydrogens is 244 g/mol. The van der Waals surface area contributed by atoms with E-state index in [1.54, 1.807) is 14.0 Å². The van der Waals surface area contributed by atoms with Crippen molar-refractivity contribution in [1.29, 1.82) is 0 Å². The highest BCUT2D eigenvalue weighted by molar-refractivity contribution is 5.70. The van der Waals surface area contributed by atoms with Crippen LogP contribution in [0.15, 0.2) is 0 Å². The lowest BCUT2D eigenvalue weighted by Crippen LogP contribution is -2.13. The topological polar surface area (TPSA) is 94.5 Å². The third-order valence-corrected chi connectivity index (χ3v) is 1.43. The van der Waals surface area contributed by atoms with Crippen LogP contribution in [0.1, 0.15) is 6.92 Å². The van der Waals surface area contributed by atoms with Crippen molar-refractivity contribution in [2.24, 2.45) is 0 Å². The minimum Gasteiger partial charge on any atom is -0.464 e. The molecule has 0 saturated heterocycles. The van der Waals surface area contributed by atoms with Crippen molar-refractivity contribution >= 4 is 5.97 Å². The minimum atomic E-state index is -0.393. The van der Waals surface area contributed by atoms with Gasteiger partial charge in [0.05, 0.1) is 46.2 Å². The van der Waals surface area contributed by atoms with Crippen LogP contribution in [0.3, 0.4) is 0 Å². The molecule has 7 nitrogen and oxygen atoms in total. The zero-order valence-corrected chi connectivity index (χ0v) is 11.1. The third-order valence-electron chi connectivity index (χ3n) is 1.43. The zero-order valence-electron chi connectivity index (χ0n) is 11.1. The Hall–Kier alpha value is -0.730. The molecule has 0 aromatic rings. The molecule has 0 amide bonds. The van der Waals surface area contributed by atoms with Gasteiger partial charge in [-0.1, -0.05) is 0 Å². The Bertz CT molecular complexity index is 157. The number of hydrogen-bond acceptors (Lipinski definition) is 7. The van der Waals surface area contributed by atoms with Crippen molar-refractivity contribution < 1.29 is 34.0 Å². The maximum Gasteiger partial charge on any atom is 0.332 e. The molecule has 0 bridgehead atoms. The summed E-state index contributed by atoms with van der Waals surface area (Å²) in [7, 11) is 1.61. The van der Waals surface area contributed by atoms with E-state index in [2.05, 4.69) is 14.2 Å². The summed E-state index contributed by atoms with van der Waals surface area (Å²) in [6.45, 7) is 3.78. The van der Waals surface area contributed by atoms with Crippen LogP contribution in [0.4, 0.5) is 0 Å². The lowest BCUT2D eigenvalue weighted by Gasteiger charge is -2.00. The maximum absolute atomic E-state index is 10.5. The normalized spacial score (nSPS) is 9.56. The third kappa shape index (κ3) is 20.7. The van der Waals surface area contributed by atoms with Crippen molar-refractivity contribution in [2.75, 3.05) is 60.0 Å². The van der Waals surface area contributed by atoms with E-state index in [4.69, 9.17) is 14.9 Å². The van der Waals surface area contributed by atoms with Gasteiger partial charge in [0.2, 0.25) is 0 Å². The molecule has 0 aromatic heterocycles. The van der Waals surface area contributed by atoms with E-state index >= 15 is 0 Å². The van der Waals surface area contributed by atoms with Gasteiger partial charge in [-0.2, -0.15) is 0 Å². The predicted molar refractivity (Wildman–Crippen MR) is 64.3 cm³/mol. The summed E-state index contributed by atoms with van der Waals surface area (Å²) in [6.07, 6.45) is 0. The maximum atomic E-state index is 10.5. The number of hydrogen-bond donors (Lipinski definition) is 2. The lowest BCUT2D eigenvalue weighted by molar-refractivity contribution is -0.148. The highest BCUT2D eigenvalue weighted by atomic mass is 16.6. The smallest absolute Gasteiger partial charge is 0.332 e. The van der Waals surface area contributed by atoms with Crippen LogP contribution in [0.2, 0.25) is 0 Å². The molecule has 18 heavy (non-hydrogen) atoms. The van der Waals surface area contributed by atoms with Crippen LogP contribution in [0.5, 0.6) is 0 Å². The summed E-state index contributed by atoms with van der Waals surface area (Å²) in [5, 5.41) is 16.4. The van der Waals surface area contributed by atoms with Crippen LogP contribution < -0.4 is 0 Å². The van der Waals surface area contributed by atoms with Gasteiger partial charge in [-0.25, -0.2) is 4.79 Å². The van der Waals surface area contributed by atoms with E-state index in [-0.39, 0.29) is 26.4 Å². The molecule has 7 heteroatoms. The number of rotatable bonds is 10. The minimum absolute atomic E-state index is 0.0700. The Morgan fingerprint density at radius 2 is 1.61 bits per heavy atom. The highest BCUT2D eigenvalue weighted by Crippen LogP contribution is 1.79. The van der Waals surface area contributed by atoms with Crippen molar-refractivity contribution in [3.05, 3.63) is 0 Å². The standard InChI is InChI=1S/C6H12O4.C5H12O3/c1-2-10-6(8)5-9-4-3-7;1-7-4-5-8-3-2-6/h7H,2-5H2,1H3;6H,2-5H2,1H3. The van der Waals surface area contributed by atoms with Crippen LogP contribution in [0, 0.1) is 0 Å². The molecule has 0 fully saturated rings. The van der Waals surface area contributed by atoms with E-state index in [0.717, 1.165) is 0 Å². The van der Waals surface area contributed by atoms with Gasteiger partial charge in [0.25, 0.3) is 0 Å². The van der Waals surface area contributed by atoms with Gasteiger partial charge in [-0.05, 0) is 6.92 Å². The second kappa shape index (κ2) is 18.6. The molecule has 0 heterocycles. The fraction of sp³-hybridized carbons (Fsp3) is 0.909. The molecule has 0 spiro atoms. The number of carbonyl (C=O) groups is 1. The van der Waals surface area contributed by atoms with Gasteiger partial charge in [0, 0.05) is 7.11 Å². The second-order valence-electron chi connectivity index (χ2n) is 2.91. The number of carbonyl (C=O) groups excluding carboxylic acids is 1. The average Bonchev–Trinajstić information content (AvgIpc) is 2.36. The van der Waals surface area contributed by atoms with E-state index < -0.39 is 5.97 Å². The van der Waals surface area contributed by atoms with E-state index in [1.807, 2.05) is 0 Å². The van der Waals surface area contributed by atoms with E-state index in [1.165, 1.54) is 0 Å². The second-order valence-corrected chi connectivity index (χ2v) is 2.91. The van der Waals surface area contributed by atoms with Gasteiger partial charge >= 0.3 is 5.97 Å². The number of ether oxygens (including phenoxy) is 4. The van der Waals surface area contributed by atoms with Crippen molar-refractivity contribution in [1.82, 2.24) is 0 Å². The van der Waals surface area contributed by atoms with Gasteiger partial charge in [0.1, 0.15) is 6.61 Å². The zero-order chi connectivity index (χ0) is 14.1. The Balaban J connectivity index is 0. The largest absolute Gasteiger partial charge is 0.464 e. The Morgan fingerprint density at radius 1 is 1.00 bits per heavy atom. The molecular formula is C11H24O7. The monoisotopic (exact) mass is 268 g/mol. The van der Waals surface area contributed by atoms with Gasteiger partial charge in [-0.15, -0.1) is 0 Å². The van der Waals surface area contributed by atoms with E-state index in [9.17, 15) is 4.79 Å². The van der Waals surface area contributed by atoms with Crippen molar-refractivity contribution in [3.8, 4) is 0 Å². The summed E-state index contributed by atoms with van der Waals surface area (Å²) in [4.78, 5) is 10.5. The Morgan fingerprint density at radius 3 is 2.11 bits per heavy atom. The molecule has 0 rings (SSSR count). The SMILES string of the molecule is CCOC(=O)COCCO.COCCOCCO. The van der Waals surface area contributed by atoms with Crippen LogP contribution in [-0.4, -0.2) is 76.1 Å². The average molecular weight is 268 g/mol. The molecule has 0 aliphatic carbocycles. The molecule has 0 radical (unpaired) electrons. The first-order chi connectivity index (χ1) is 8.72. The molecule has 0 aromatic carbocycles. The van der Waals surface area contributed by atoms with Crippen LogP contribution >= 0.6 is 0 Å². The molecule has 2 N–H and O–H groups in total. The van der Waals surface area contributed by atoms with Gasteiger partial charge in [0.15, 0.2) is 0 Å². The van der Waals surface area contributed by atoms with Crippen LogP contribution in [-0.2, 0) is 23.7 Å². The summed E-state index contributed by atoms with van der Waals surface area (Å²) in [6, 6.07) is 0. The molecule has 0 aliphatic heterocycles. The van der Waals surface area contributed by atoms with Gasteiger partial charge in [-0.3, -0.25) is 0 Å². The number of esters is 1. The highest BCUT2D eigenvalue weighted by Gasteiger charge is 1.98. The number of aliphatic hydroxyl groups excluding tert-OH is 2. The summed E-state index contributed by atoms with van der Waals surface area (Å²) in [5.41, 5.74) is 0. The van der Waals surface area contributed by atoms with Gasteiger partial charge < -0.3 is 29.2 Å². The number of aliphatic hydroxyl groups is 2. The quantitative estimate of drug-likeness (QED) is 0.395. The molecule has 0 saturated carbocycles. The molecule has 0 atom stereocenters. The van der Waals surface area contributed by atoms with Crippen molar-refractivity contribution in [2.45, 2.75) is 6.92 Å². The first-order valence-electron chi connectivity index (χ1n) is 5.74. The first-order valence-corrected chi connectivity index (χ1v) is 5.74. The Labute approximate surface area is 108 Å². The first kappa shape index (κ1) is 19.6. The summed E-state index contributed by atoms with van der Waals surface area (Å²) in [5.74, 6) is -0.393. The molecule has 0 unspecified atom stereocenters. The molecule has 0 aliphatic rings. The molecule has 110 valence electrons. The summed E-state index contributed by atoms with van der Waals surface area (Å²) >= 11 is 0. The van der Waals surface area contributed by atoms with E-state index in [0.29, 0.717) is 26.4 Å². The number of methoxy groups -OCH3 is 1. The van der Waals surface area contributed by atoms with Crippen LogP contribution in [0.25, 0.3) is 0 Å². The lowest BCUT2D eigenvalue weighted by atomic mass is 10.7. The summed E-state index contributed by atoms with van der Waals surface area (Å²) < 4.78 is 18.7. The fourth-order valence-electron chi connectivity index (χ4n) is 0.732. The fourth-order valence-corrected chi connectivity index (χ4v) is 0.732.